The average molecular weight is 310 g/mol. The van der Waals surface area contributed by atoms with Gasteiger partial charge in [-0.1, -0.05) is 48.3 Å². The van der Waals surface area contributed by atoms with Crippen LogP contribution in [-0.2, 0) is 19.1 Å². The molecule has 4 nitrogen and oxygen atoms in total. The van der Waals surface area contributed by atoms with Crippen molar-refractivity contribution in [2.24, 2.45) is 5.41 Å². The van der Waals surface area contributed by atoms with Crippen LogP contribution in [0.1, 0.15) is 18.9 Å². The highest BCUT2D eigenvalue weighted by Crippen LogP contribution is 2.33. The molecule has 0 amide bonds. The second-order valence-corrected chi connectivity index (χ2v) is 5.38. The summed E-state index contributed by atoms with van der Waals surface area (Å²) in [6.45, 7) is 1.74. The van der Waals surface area contributed by atoms with Crippen molar-refractivity contribution in [3.63, 3.8) is 0 Å². The molecule has 1 unspecified atom stereocenters. The molecule has 1 atom stereocenters. The zero-order chi connectivity index (χ0) is 16.7. The van der Waals surface area contributed by atoms with Gasteiger partial charge in [0.2, 0.25) is 0 Å². The summed E-state index contributed by atoms with van der Waals surface area (Å²) in [5, 5.41) is 0. The molecule has 1 aliphatic rings. The van der Waals surface area contributed by atoms with Crippen molar-refractivity contribution >= 4 is 11.9 Å². The third kappa shape index (κ3) is 4.33. The molecule has 23 heavy (non-hydrogen) atoms. The summed E-state index contributed by atoms with van der Waals surface area (Å²) in [6.07, 6.45) is 5.30. The van der Waals surface area contributed by atoms with Crippen molar-refractivity contribution < 1.29 is 19.1 Å². The molecule has 1 aromatic carbocycles. The van der Waals surface area contributed by atoms with Gasteiger partial charge in [0.15, 0.2) is 6.61 Å². The molecular weight excluding hydrogens is 292 g/mol. The monoisotopic (exact) mass is 310 g/mol. The molecule has 0 spiro atoms. The summed E-state index contributed by atoms with van der Waals surface area (Å²) in [5.41, 5.74) is 0.431. The maximum Gasteiger partial charge on any atom is 0.333 e. The number of carbonyl (C=O) groups is 2. The number of rotatable bonds is 3. The second kappa shape index (κ2) is 7.46. The minimum atomic E-state index is -0.882. The largest absolute Gasteiger partial charge is 0.466 e. The first kappa shape index (κ1) is 16.6. The van der Waals surface area contributed by atoms with Crippen LogP contribution in [-0.4, -0.2) is 25.7 Å². The molecule has 0 N–H and O–H groups in total. The van der Waals surface area contributed by atoms with Gasteiger partial charge in [-0.25, -0.2) is 4.79 Å². The molecule has 1 aromatic rings. The van der Waals surface area contributed by atoms with Crippen LogP contribution < -0.4 is 0 Å². The SMILES string of the molecule is COC(=O)C1=CC=CC(C)(C(=O)OCC#Cc2ccccc2)C1. The summed E-state index contributed by atoms with van der Waals surface area (Å²) >= 11 is 0. The Kier molecular flexibility index (Phi) is 5.37. The lowest BCUT2D eigenvalue weighted by Crippen LogP contribution is -2.31. The fourth-order valence-corrected chi connectivity index (χ4v) is 2.23. The van der Waals surface area contributed by atoms with Crippen molar-refractivity contribution in [2.45, 2.75) is 13.3 Å². The lowest BCUT2D eigenvalue weighted by molar-refractivity contribution is -0.150. The highest BCUT2D eigenvalue weighted by atomic mass is 16.5. The Morgan fingerprint density at radius 3 is 2.70 bits per heavy atom. The van der Waals surface area contributed by atoms with E-state index >= 15 is 0 Å². The Morgan fingerprint density at radius 1 is 1.26 bits per heavy atom. The fraction of sp³-hybridized carbons (Fsp3) is 0.263. The molecule has 0 aromatic heterocycles. The molecule has 118 valence electrons. The number of hydrogen-bond donors (Lipinski definition) is 0. The summed E-state index contributed by atoms with van der Waals surface area (Å²) in [4.78, 5) is 23.9. The third-order valence-electron chi connectivity index (χ3n) is 3.52. The maximum atomic E-state index is 12.3. The highest BCUT2D eigenvalue weighted by Gasteiger charge is 2.36. The number of hydrogen-bond acceptors (Lipinski definition) is 4. The molecule has 0 bridgehead atoms. The van der Waals surface area contributed by atoms with Crippen molar-refractivity contribution in [1.29, 1.82) is 0 Å². The van der Waals surface area contributed by atoms with E-state index in [0.29, 0.717) is 5.57 Å². The first-order valence-electron chi connectivity index (χ1n) is 7.23. The van der Waals surface area contributed by atoms with E-state index in [1.807, 2.05) is 30.3 Å². The van der Waals surface area contributed by atoms with Crippen molar-refractivity contribution in [1.82, 2.24) is 0 Å². The number of allylic oxidation sites excluding steroid dienone is 2. The summed E-state index contributed by atoms with van der Waals surface area (Å²) < 4.78 is 9.92. The van der Waals surface area contributed by atoms with Gasteiger partial charge in [0.25, 0.3) is 0 Å². The van der Waals surface area contributed by atoms with Gasteiger partial charge in [-0.2, -0.15) is 0 Å². The Bertz CT molecular complexity index is 704. The van der Waals surface area contributed by atoms with Gasteiger partial charge in [0.1, 0.15) is 0 Å². The van der Waals surface area contributed by atoms with Crippen LogP contribution in [0.4, 0.5) is 0 Å². The van der Waals surface area contributed by atoms with Gasteiger partial charge < -0.3 is 9.47 Å². The predicted octanol–water partition coefficient (Wildman–Crippen LogP) is 2.65. The number of carbonyl (C=O) groups excluding carboxylic acids is 2. The number of benzene rings is 1. The quantitative estimate of drug-likeness (QED) is 0.636. The van der Waals surface area contributed by atoms with Crippen LogP contribution in [0, 0.1) is 17.3 Å². The van der Waals surface area contributed by atoms with Crippen molar-refractivity contribution in [3.05, 3.63) is 59.7 Å². The van der Waals surface area contributed by atoms with E-state index in [2.05, 4.69) is 11.8 Å². The molecule has 0 fully saturated rings. The van der Waals surface area contributed by atoms with Gasteiger partial charge in [-0.15, -0.1) is 0 Å². The Balaban J connectivity index is 1.93. The van der Waals surface area contributed by atoms with Crippen LogP contribution in [0.5, 0.6) is 0 Å². The Morgan fingerprint density at radius 2 is 2.00 bits per heavy atom. The average Bonchev–Trinajstić information content (AvgIpc) is 2.58. The smallest absolute Gasteiger partial charge is 0.333 e. The molecule has 1 aliphatic carbocycles. The minimum absolute atomic E-state index is 0.00836. The maximum absolute atomic E-state index is 12.3. The van der Waals surface area contributed by atoms with E-state index in [9.17, 15) is 9.59 Å². The highest BCUT2D eigenvalue weighted by molar-refractivity contribution is 5.91. The van der Waals surface area contributed by atoms with Crippen LogP contribution >= 0.6 is 0 Å². The normalized spacial score (nSPS) is 19.1. The van der Waals surface area contributed by atoms with Crippen molar-refractivity contribution in [2.75, 3.05) is 13.7 Å². The zero-order valence-electron chi connectivity index (χ0n) is 13.2. The zero-order valence-corrected chi connectivity index (χ0v) is 13.2. The van der Waals surface area contributed by atoms with Crippen LogP contribution in [0.3, 0.4) is 0 Å². The molecule has 2 rings (SSSR count). The Hall–Kier alpha value is -2.80. The predicted molar refractivity (Wildman–Crippen MR) is 86.2 cm³/mol. The summed E-state index contributed by atoms with van der Waals surface area (Å²) in [6, 6.07) is 9.46. The lowest BCUT2D eigenvalue weighted by atomic mass is 9.80. The minimum Gasteiger partial charge on any atom is -0.466 e. The van der Waals surface area contributed by atoms with Gasteiger partial charge in [0, 0.05) is 11.1 Å². The fourth-order valence-electron chi connectivity index (χ4n) is 2.23. The summed E-state index contributed by atoms with van der Waals surface area (Å²) in [5.74, 6) is 4.89. The first-order valence-corrected chi connectivity index (χ1v) is 7.23. The van der Waals surface area contributed by atoms with Gasteiger partial charge in [0.05, 0.1) is 12.5 Å². The van der Waals surface area contributed by atoms with E-state index in [-0.39, 0.29) is 13.0 Å². The van der Waals surface area contributed by atoms with Gasteiger partial charge in [-0.3, -0.25) is 4.79 Å². The molecule has 0 saturated carbocycles. The second-order valence-electron chi connectivity index (χ2n) is 5.38. The van der Waals surface area contributed by atoms with Crippen LogP contribution in [0.25, 0.3) is 0 Å². The molecule has 0 aliphatic heterocycles. The van der Waals surface area contributed by atoms with Crippen LogP contribution in [0.15, 0.2) is 54.1 Å². The molecular formula is C19H18O4. The topological polar surface area (TPSA) is 52.6 Å². The standard InChI is InChI=1S/C19H18O4/c1-19(12-6-11-16(14-19)17(20)22-2)18(21)23-13-7-10-15-8-4-3-5-9-15/h3-6,8-9,11-12H,13-14H2,1-2H3. The van der Waals surface area contributed by atoms with Gasteiger partial charge in [-0.05, 0) is 25.5 Å². The summed E-state index contributed by atoms with van der Waals surface area (Å²) in [7, 11) is 1.32. The van der Waals surface area contributed by atoms with E-state index in [4.69, 9.17) is 9.47 Å². The van der Waals surface area contributed by atoms with Gasteiger partial charge >= 0.3 is 11.9 Å². The first-order chi connectivity index (χ1) is 11.0. The third-order valence-corrected chi connectivity index (χ3v) is 3.52. The molecule has 0 saturated heterocycles. The van der Waals surface area contributed by atoms with E-state index < -0.39 is 17.4 Å². The number of ether oxygens (including phenoxy) is 2. The molecule has 0 radical (unpaired) electrons. The number of esters is 2. The molecule has 4 heteroatoms. The Labute approximate surface area is 135 Å². The van der Waals surface area contributed by atoms with E-state index in [0.717, 1.165) is 5.56 Å². The molecule has 0 heterocycles. The van der Waals surface area contributed by atoms with E-state index in [1.165, 1.54) is 7.11 Å². The number of methoxy groups -OCH3 is 1. The lowest BCUT2D eigenvalue weighted by Gasteiger charge is -2.26. The van der Waals surface area contributed by atoms with E-state index in [1.54, 1.807) is 25.2 Å². The van der Waals surface area contributed by atoms with Crippen molar-refractivity contribution in [3.8, 4) is 11.8 Å². The van der Waals surface area contributed by atoms with Crippen LogP contribution in [0.2, 0.25) is 0 Å².